The molecule has 0 aliphatic carbocycles. The molecule has 36 heavy (non-hydrogen) atoms. The van der Waals surface area contributed by atoms with E-state index in [1.165, 1.54) is 11.0 Å². The number of carbonyl (C=O) groups is 2. The summed E-state index contributed by atoms with van der Waals surface area (Å²) in [6, 6.07) is 21.8. The van der Waals surface area contributed by atoms with Crippen LogP contribution in [-0.2, 0) is 29.0 Å². The quantitative estimate of drug-likeness (QED) is 0.280. The second kappa shape index (κ2) is 12.8. The first kappa shape index (κ1) is 26.9. The van der Waals surface area contributed by atoms with Gasteiger partial charge in [-0.1, -0.05) is 85.3 Å². The molecule has 0 saturated carbocycles. The molecule has 0 fully saturated rings. The van der Waals surface area contributed by atoms with Crippen LogP contribution in [0.4, 0.5) is 5.69 Å². The molecule has 2 atom stereocenters. The summed E-state index contributed by atoms with van der Waals surface area (Å²) in [5, 5.41) is 15.0. The number of nitro benzene ring substituents is 1. The number of hydrogen-bond acceptors (Lipinski definition) is 4. The molecule has 3 rings (SSSR count). The molecule has 0 radical (unpaired) electrons. The monoisotopic (exact) mass is 507 g/mol. The van der Waals surface area contributed by atoms with E-state index in [4.69, 9.17) is 11.6 Å². The number of hydrogen-bond donors (Lipinski definition) is 1. The van der Waals surface area contributed by atoms with E-state index in [2.05, 4.69) is 5.32 Å². The van der Waals surface area contributed by atoms with Crippen molar-refractivity contribution in [3.63, 3.8) is 0 Å². The molecule has 0 aliphatic rings. The Kier molecular flexibility index (Phi) is 9.59. The van der Waals surface area contributed by atoms with Crippen molar-refractivity contribution in [1.29, 1.82) is 0 Å². The smallest absolute Gasteiger partial charge is 0.273 e. The molecular weight excluding hydrogens is 478 g/mol. The van der Waals surface area contributed by atoms with Gasteiger partial charge in [0.1, 0.15) is 6.04 Å². The topological polar surface area (TPSA) is 92.6 Å². The number of para-hydroxylation sites is 1. The van der Waals surface area contributed by atoms with E-state index in [1.54, 1.807) is 36.4 Å². The summed E-state index contributed by atoms with van der Waals surface area (Å²) in [7, 11) is 0. The molecule has 0 bridgehead atoms. The number of carbonyl (C=O) groups excluding carboxylic acids is 2. The zero-order chi connectivity index (χ0) is 26.1. The maximum Gasteiger partial charge on any atom is 0.273 e. The van der Waals surface area contributed by atoms with Gasteiger partial charge in [0.25, 0.3) is 5.69 Å². The van der Waals surface area contributed by atoms with Gasteiger partial charge in [0.15, 0.2) is 0 Å². The lowest BCUT2D eigenvalue weighted by atomic mass is 10.0. The van der Waals surface area contributed by atoms with E-state index in [0.717, 1.165) is 12.0 Å². The second-order valence-corrected chi connectivity index (χ2v) is 9.11. The van der Waals surface area contributed by atoms with Crippen LogP contribution in [0.1, 0.15) is 37.0 Å². The van der Waals surface area contributed by atoms with E-state index in [9.17, 15) is 19.7 Å². The highest BCUT2D eigenvalue weighted by molar-refractivity contribution is 6.31. The summed E-state index contributed by atoms with van der Waals surface area (Å²) in [6.07, 6.45) is 0.804. The van der Waals surface area contributed by atoms with Crippen molar-refractivity contribution < 1.29 is 14.5 Å². The normalized spacial score (nSPS) is 12.4. The van der Waals surface area contributed by atoms with E-state index in [-0.39, 0.29) is 42.6 Å². The first-order valence-corrected chi connectivity index (χ1v) is 12.3. The third kappa shape index (κ3) is 7.15. The molecule has 7 nitrogen and oxygen atoms in total. The Bertz CT molecular complexity index is 1200. The molecule has 0 saturated heterocycles. The predicted octanol–water partition coefficient (Wildman–Crippen LogP) is 5.35. The van der Waals surface area contributed by atoms with E-state index in [1.807, 2.05) is 50.2 Å². The lowest BCUT2D eigenvalue weighted by Crippen LogP contribution is -2.52. The maximum absolute atomic E-state index is 13.8. The van der Waals surface area contributed by atoms with Crippen molar-refractivity contribution in [3.8, 4) is 0 Å². The summed E-state index contributed by atoms with van der Waals surface area (Å²) >= 11 is 6.42. The third-order valence-electron chi connectivity index (χ3n) is 6.10. The average Bonchev–Trinajstić information content (AvgIpc) is 2.87. The highest BCUT2D eigenvalue weighted by Gasteiger charge is 2.32. The molecule has 0 aromatic heterocycles. The Hall–Kier alpha value is -3.71. The lowest BCUT2D eigenvalue weighted by Gasteiger charge is -2.32. The van der Waals surface area contributed by atoms with Crippen LogP contribution in [0.15, 0.2) is 78.9 Å². The minimum Gasteiger partial charge on any atom is -0.352 e. The van der Waals surface area contributed by atoms with E-state index >= 15 is 0 Å². The Morgan fingerprint density at radius 3 is 2.22 bits per heavy atom. The second-order valence-electron chi connectivity index (χ2n) is 8.70. The minimum atomic E-state index is -0.840. The van der Waals surface area contributed by atoms with Crippen LogP contribution in [0.2, 0.25) is 5.02 Å². The molecule has 3 aromatic carbocycles. The van der Waals surface area contributed by atoms with Crippen molar-refractivity contribution in [1.82, 2.24) is 10.2 Å². The number of amides is 2. The van der Waals surface area contributed by atoms with Crippen LogP contribution in [0.25, 0.3) is 0 Å². The molecule has 3 aromatic rings. The van der Waals surface area contributed by atoms with Gasteiger partial charge >= 0.3 is 0 Å². The van der Waals surface area contributed by atoms with Crippen LogP contribution in [0, 0.1) is 10.1 Å². The number of rotatable bonds is 11. The van der Waals surface area contributed by atoms with E-state index in [0.29, 0.717) is 10.6 Å². The van der Waals surface area contributed by atoms with Crippen LogP contribution < -0.4 is 5.32 Å². The largest absolute Gasteiger partial charge is 0.352 e. The molecular formula is C28H30ClN3O4. The van der Waals surface area contributed by atoms with Crippen molar-refractivity contribution >= 4 is 29.1 Å². The molecule has 8 heteroatoms. The molecule has 0 heterocycles. The van der Waals surface area contributed by atoms with Gasteiger partial charge in [-0.15, -0.1) is 0 Å². The molecule has 2 amide bonds. The summed E-state index contributed by atoms with van der Waals surface area (Å²) in [6.45, 7) is 3.97. The van der Waals surface area contributed by atoms with Gasteiger partial charge in [-0.25, -0.2) is 0 Å². The highest BCUT2D eigenvalue weighted by Crippen LogP contribution is 2.24. The fourth-order valence-electron chi connectivity index (χ4n) is 3.91. The minimum absolute atomic E-state index is 0.0803. The molecule has 0 unspecified atom stereocenters. The molecule has 0 spiro atoms. The summed E-state index contributed by atoms with van der Waals surface area (Å²) in [4.78, 5) is 39.8. The van der Waals surface area contributed by atoms with E-state index < -0.39 is 16.9 Å². The van der Waals surface area contributed by atoms with Crippen molar-refractivity contribution in [3.05, 3.63) is 111 Å². The zero-order valence-corrected chi connectivity index (χ0v) is 21.1. The predicted molar refractivity (Wildman–Crippen MR) is 141 cm³/mol. The fraction of sp³-hybridized carbons (Fsp3) is 0.286. The van der Waals surface area contributed by atoms with Crippen LogP contribution in [0.3, 0.4) is 0 Å². The Morgan fingerprint density at radius 2 is 1.58 bits per heavy atom. The summed E-state index contributed by atoms with van der Waals surface area (Å²) in [5.41, 5.74) is 1.73. The first-order valence-electron chi connectivity index (χ1n) is 11.9. The summed E-state index contributed by atoms with van der Waals surface area (Å²) in [5.74, 6) is -0.680. The zero-order valence-electron chi connectivity index (χ0n) is 20.4. The molecule has 1 N–H and O–H groups in total. The highest BCUT2D eigenvalue weighted by atomic mass is 35.5. The van der Waals surface area contributed by atoms with Crippen molar-refractivity contribution in [2.24, 2.45) is 0 Å². The number of benzene rings is 3. The van der Waals surface area contributed by atoms with Crippen LogP contribution in [-0.4, -0.2) is 33.7 Å². The van der Waals surface area contributed by atoms with Crippen molar-refractivity contribution in [2.75, 3.05) is 0 Å². The SMILES string of the molecule is CC[C@H](C)NC(=O)[C@H](Cc1ccccc1)N(Cc1ccccc1Cl)C(=O)Cc1ccccc1[N+](=O)[O-]. The average molecular weight is 508 g/mol. The maximum atomic E-state index is 13.8. The number of nitrogens with one attached hydrogen (secondary N) is 1. The Morgan fingerprint density at radius 1 is 0.972 bits per heavy atom. The fourth-order valence-corrected chi connectivity index (χ4v) is 4.10. The Labute approximate surface area is 216 Å². The standard InChI is InChI=1S/C28H30ClN3O4/c1-3-20(2)30-28(34)26(17-21-11-5-4-6-12-21)31(19-23-14-7-9-15-24(23)29)27(33)18-22-13-8-10-16-25(22)32(35)36/h4-16,20,26H,3,17-19H2,1-2H3,(H,30,34)/t20-,26-/m0/s1. The van der Waals surface area contributed by atoms with Gasteiger partial charge in [-0.2, -0.15) is 0 Å². The van der Waals surface area contributed by atoms with Gasteiger partial charge in [0.2, 0.25) is 11.8 Å². The number of nitrogens with zero attached hydrogens (tertiary/aromatic N) is 2. The number of halogens is 1. The van der Waals surface area contributed by atoms with Gasteiger partial charge in [-0.05, 0) is 30.5 Å². The van der Waals surface area contributed by atoms with Crippen molar-refractivity contribution in [2.45, 2.75) is 51.7 Å². The van der Waals surface area contributed by atoms with Gasteiger partial charge in [0, 0.05) is 35.7 Å². The van der Waals surface area contributed by atoms with Gasteiger partial charge in [-0.3, -0.25) is 19.7 Å². The van der Waals surface area contributed by atoms with Gasteiger partial charge < -0.3 is 10.2 Å². The molecule has 0 aliphatic heterocycles. The number of nitro groups is 1. The lowest BCUT2D eigenvalue weighted by molar-refractivity contribution is -0.385. The van der Waals surface area contributed by atoms with Gasteiger partial charge in [0.05, 0.1) is 11.3 Å². The summed E-state index contributed by atoms with van der Waals surface area (Å²) < 4.78 is 0. The Balaban J connectivity index is 2.03. The third-order valence-corrected chi connectivity index (χ3v) is 6.47. The first-order chi connectivity index (χ1) is 17.3. The van der Waals surface area contributed by atoms with Crippen LogP contribution in [0.5, 0.6) is 0 Å². The molecule has 188 valence electrons. The van der Waals surface area contributed by atoms with Crippen LogP contribution >= 0.6 is 11.6 Å².